The molecule has 2 aromatic heterocycles. The van der Waals surface area contributed by atoms with Crippen LogP contribution in [0.15, 0.2) is 59.4 Å². The maximum atomic E-state index is 13.1. The number of aromatic nitrogens is 5. The molecular weight excluding hydrogens is 452 g/mol. The highest BCUT2D eigenvalue weighted by atomic mass is 16.5. The Morgan fingerprint density at radius 3 is 2.69 bits per heavy atom. The van der Waals surface area contributed by atoms with E-state index in [1.54, 1.807) is 7.11 Å². The van der Waals surface area contributed by atoms with Crippen LogP contribution in [-0.2, 0) is 13.0 Å². The minimum absolute atomic E-state index is 0.00437. The number of fused-ring (bicyclic) bond motifs is 1. The first-order valence-electron chi connectivity index (χ1n) is 12.9. The molecule has 5 rings (SSSR count). The maximum Gasteiger partial charge on any atom is 0.252 e. The van der Waals surface area contributed by atoms with Crippen LogP contribution in [0.5, 0.6) is 5.75 Å². The van der Waals surface area contributed by atoms with Crippen LogP contribution in [0.25, 0.3) is 10.9 Å². The Hall–Kier alpha value is -3.52. The Morgan fingerprint density at radius 2 is 1.94 bits per heavy atom. The van der Waals surface area contributed by atoms with Gasteiger partial charge in [0, 0.05) is 29.6 Å². The molecule has 1 aliphatic rings. The number of hydrogen-bond donors (Lipinski definition) is 1. The molecule has 8 heteroatoms. The van der Waals surface area contributed by atoms with E-state index in [0.29, 0.717) is 12.6 Å². The second kappa shape index (κ2) is 11.0. The summed E-state index contributed by atoms with van der Waals surface area (Å²) in [6.07, 6.45) is 6.39. The van der Waals surface area contributed by atoms with Crippen LogP contribution >= 0.6 is 0 Å². The average Bonchev–Trinajstić information content (AvgIpc) is 3.61. The number of aromatic amines is 1. The van der Waals surface area contributed by atoms with Crippen molar-refractivity contribution in [1.82, 2.24) is 30.1 Å². The summed E-state index contributed by atoms with van der Waals surface area (Å²) in [4.78, 5) is 18.5. The van der Waals surface area contributed by atoms with Gasteiger partial charge in [0.25, 0.3) is 5.56 Å². The van der Waals surface area contributed by atoms with E-state index in [1.807, 2.05) is 35.0 Å². The Bertz CT molecular complexity index is 1340. The normalized spacial score (nSPS) is 15.1. The standard InChI is InChI=1S/C28H34N6O2/c1-3-26(27-30-31-32-34(27)23-11-7-8-12-23)33(16-15-20-9-5-4-6-10-20)19-22-17-21-18-24(36-2)13-14-25(21)29-28(22)35/h4-6,9-10,13-14,17-18,23,26H,3,7-8,11-12,15-16,19H2,1-2H3,(H,29,35)/t26-/m1/s1. The maximum absolute atomic E-state index is 13.1. The van der Waals surface area contributed by atoms with Gasteiger partial charge in [-0.15, -0.1) is 5.10 Å². The lowest BCUT2D eigenvalue weighted by Gasteiger charge is -2.31. The molecule has 0 unspecified atom stereocenters. The minimum atomic E-state index is -0.0670. The molecule has 1 atom stereocenters. The zero-order chi connectivity index (χ0) is 24.9. The van der Waals surface area contributed by atoms with Crippen molar-refractivity contribution in [3.8, 4) is 5.75 Å². The molecule has 1 N–H and O–H groups in total. The summed E-state index contributed by atoms with van der Waals surface area (Å²) in [5, 5.41) is 13.9. The van der Waals surface area contributed by atoms with E-state index in [9.17, 15) is 4.79 Å². The Kier molecular flexibility index (Phi) is 7.41. The van der Waals surface area contributed by atoms with Crippen LogP contribution in [0.4, 0.5) is 0 Å². The number of benzene rings is 2. The number of nitrogens with one attached hydrogen (secondary N) is 1. The van der Waals surface area contributed by atoms with Gasteiger partial charge in [0.15, 0.2) is 5.82 Å². The fourth-order valence-corrected chi connectivity index (χ4v) is 5.39. The van der Waals surface area contributed by atoms with Crippen LogP contribution in [0, 0.1) is 0 Å². The van der Waals surface area contributed by atoms with E-state index < -0.39 is 0 Å². The Balaban J connectivity index is 1.49. The fraction of sp³-hybridized carbons (Fsp3) is 0.429. The van der Waals surface area contributed by atoms with Gasteiger partial charge in [0.1, 0.15) is 5.75 Å². The number of pyridine rings is 1. The lowest BCUT2D eigenvalue weighted by molar-refractivity contribution is 0.169. The van der Waals surface area contributed by atoms with Crippen molar-refractivity contribution in [2.24, 2.45) is 0 Å². The second-order valence-electron chi connectivity index (χ2n) is 9.63. The number of tetrazole rings is 1. The molecule has 4 aromatic rings. The van der Waals surface area contributed by atoms with Crippen molar-refractivity contribution < 1.29 is 4.74 Å². The molecule has 188 valence electrons. The van der Waals surface area contributed by atoms with Gasteiger partial charge in [0.2, 0.25) is 0 Å². The summed E-state index contributed by atoms with van der Waals surface area (Å²) in [5.74, 6) is 1.67. The number of ether oxygens (including phenoxy) is 1. The molecule has 0 amide bonds. The highest BCUT2D eigenvalue weighted by Crippen LogP contribution is 2.33. The van der Waals surface area contributed by atoms with E-state index in [-0.39, 0.29) is 11.6 Å². The van der Waals surface area contributed by atoms with E-state index in [1.165, 1.54) is 18.4 Å². The topological polar surface area (TPSA) is 88.9 Å². The van der Waals surface area contributed by atoms with Crippen molar-refractivity contribution in [3.05, 3.63) is 81.9 Å². The summed E-state index contributed by atoms with van der Waals surface area (Å²) in [7, 11) is 1.65. The Morgan fingerprint density at radius 1 is 1.14 bits per heavy atom. The molecule has 0 spiro atoms. The van der Waals surface area contributed by atoms with Crippen molar-refractivity contribution in [2.75, 3.05) is 13.7 Å². The quantitative estimate of drug-likeness (QED) is 0.345. The number of rotatable bonds is 10. The molecule has 0 radical (unpaired) electrons. The molecule has 0 bridgehead atoms. The molecule has 1 fully saturated rings. The fourth-order valence-electron chi connectivity index (χ4n) is 5.39. The van der Waals surface area contributed by atoms with E-state index in [0.717, 1.165) is 60.3 Å². The van der Waals surface area contributed by atoms with Crippen LogP contribution in [0.2, 0.25) is 0 Å². The van der Waals surface area contributed by atoms with Crippen LogP contribution in [0.3, 0.4) is 0 Å². The number of methoxy groups -OCH3 is 1. The lowest BCUT2D eigenvalue weighted by Crippen LogP contribution is -2.34. The monoisotopic (exact) mass is 486 g/mol. The molecule has 0 saturated heterocycles. The molecule has 0 aliphatic heterocycles. The largest absolute Gasteiger partial charge is 0.497 e. The third kappa shape index (κ3) is 5.18. The van der Waals surface area contributed by atoms with Gasteiger partial charge in [0.05, 0.1) is 19.2 Å². The highest BCUT2D eigenvalue weighted by molar-refractivity contribution is 5.80. The smallest absolute Gasteiger partial charge is 0.252 e. The lowest BCUT2D eigenvalue weighted by atomic mass is 10.1. The molecule has 2 aromatic carbocycles. The zero-order valence-corrected chi connectivity index (χ0v) is 21.1. The number of nitrogens with zero attached hydrogens (tertiary/aromatic N) is 5. The third-order valence-corrected chi connectivity index (χ3v) is 7.35. The Labute approximate surface area is 211 Å². The average molecular weight is 487 g/mol. The van der Waals surface area contributed by atoms with Crippen LogP contribution in [0.1, 0.15) is 68.1 Å². The van der Waals surface area contributed by atoms with Gasteiger partial charge in [-0.3, -0.25) is 9.69 Å². The first-order chi connectivity index (χ1) is 17.7. The van der Waals surface area contributed by atoms with Crippen molar-refractivity contribution in [2.45, 2.75) is 64.1 Å². The van der Waals surface area contributed by atoms with Crippen molar-refractivity contribution in [1.29, 1.82) is 0 Å². The molecule has 8 nitrogen and oxygen atoms in total. The summed E-state index contributed by atoms with van der Waals surface area (Å²) in [6, 6.07) is 18.5. The summed E-state index contributed by atoms with van der Waals surface area (Å²) >= 11 is 0. The van der Waals surface area contributed by atoms with Gasteiger partial charge in [-0.2, -0.15) is 0 Å². The predicted molar refractivity (Wildman–Crippen MR) is 140 cm³/mol. The minimum Gasteiger partial charge on any atom is -0.497 e. The summed E-state index contributed by atoms with van der Waals surface area (Å²) in [6.45, 7) is 3.46. The number of hydrogen-bond acceptors (Lipinski definition) is 6. The molecule has 1 aliphatic carbocycles. The third-order valence-electron chi connectivity index (χ3n) is 7.35. The first-order valence-corrected chi connectivity index (χ1v) is 12.9. The predicted octanol–water partition coefficient (Wildman–Crippen LogP) is 4.83. The van der Waals surface area contributed by atoms with Crippen molar-refractivity contribution >= 4 is 10.9 Å². The molecular formula is C28H34N6O2. The van der Waals surface area contributed by atoms with E-state index in [4.69, 9.17) is 4.74 Å². The van der Waals surface area contributed by atoms with Gasteiger partial charge in [-0.25, -0.2) is 4.68 Å². The van der Waals surface area contributed by atoms with E-state index >= 15 is 0 Å². The van der Waals surface area contributed by atoms with E-state index in [2.05, 4.69) is 56.6 Å². The highest BCUT2D eigenvalue weighted by Gasteiger charge is 2.29. The van der Waals surface area contributed by atoms with Gasteiger partial charge in [-0.1, -0.05) is 50.1 Å². The molecule has 36 heavy (non-hydrogen) atoms. The summed E-state index contributed by atoms with van der Waals surface area (Å²) < 4.78 is 7.45. The molecule has 1 saturated carbocycles. The number of H-pyrrole nitrogens is 1. The SMILES string of the molecule is CC[C@H](c1nnnn1C1CCCC1)N(CCc1ccccc1)Cc1cc2cc(OC)ccc2[nH]c1=O. The first kappa shape index (κ1) is 24.2. The zero-order valence-electron chi connectivity index (χ0n) is 21.1. The molecule has 2 heterocycles. The van der Waals surface area contributed by atoms with Crippen LogP contribution < -0.4 is 10.3 Å². The van der Waals surface area contributed by atoms with Crippen LogP contribution in [-0.4, -0.2) is 43.7 Å². The van der Waals surface area contributed by atoms with Gasteiger partial charge in [-0.05, 0) is 65.9 Å². The summed E-state index contributed by atoms with van der Waals surface area (Å²) in [5.41, 5.74) is 2.73. The van der Waals surface area contributed by atoms with Gasteiger partial charge >= 0.3 is 0 Å². The van der Waals surface area contributed by atoms with Crippen molar-refractivity contribution in [3.63, 3.8) is 0 Å². The second-order valence-corrected chi connectivity index (χ2v) is 9.63. The van der Waals surface area contributed by atoms with Gasteiger partial charge < -0.3 is 9.72 Å².